The Morgan fingerprint density at radius 1 is 1.29 bits per heavy atom. The predicted octanol–water partition coefficient (Wildman–Crippen LogP) is 1.31. The highest BCUT2D eigenvalue weighted by atomic mass is 32.2. The Morgan fingerprint density at radius 3 is 2.29 bits per heavy atom. The third-order valence-corrected chi connectivity index (χ3v) is 4.64. The van der Waals surface area contributed by atoms with Gasteiger partial charge >= 0.3 is 0 Å². The number of nitrogens with zero attached hydrogens (tertiary/aromatic N) is 1. The van der Waals surface area contributed by atoms with Gasteiger partial charge in [-0.3, -0.25) is 0 Å². The monoisotopic (exact) mass is 260 g/mol. The minimum Gasteiger partial charge on any atom is -0.326 e. The van der Waals surface area contributed by atoms with Gasteiger partial charge in [-0.25, -0.2) is 12.8 Å². The van der Waals surface area contributed by atoms with Gasteiger partial charge in [-0.2, -0.15) is 4.31 Å². The lowest BCUT2D eigenvalue weighted by atomic mass is 10.2. The molecule has 0 aliphatic carbocycles. The van der Waals surface area contributed by atoms with Gasteiger partial charge in [0.1, 0.15) is 10.7 Å². The van der Waals surface area contributed by atoms with Crippen LogP contribution in [-0.4, -0.2) is 25.8 Å². The molecule has 0 bridgehead atoms. The largest absolute Gasteiger partial charge is 0.326 e. The minimum atomic E-state index is -3.74. The van der Waals surface area contributed by atoms with Crippen molar-refractivity contribution >= 4 is 10.0 Å². The van der Waals surface area contributed by atoms with Crippen LogP contribution in [0, 0.1) is 5.82 Å². The molecule has 96 valence electrons. The summed E-state index contributed by atoms with van der Waals surface area (Å²) in [6.45, 7) is 4.25. The van der Waals surface area contributed by atoms with E-state index in [0.29, 0.717) is 18.7 Å². The third-order valence-electron chi connectivity index (χ3n) is 2.56. The second kappa shape index (κ2) is 5.57. The van der Waals surface area contributed by atoms with Crippen molar-refractivity contribution < 1.29 is 12.8 Å². The van der Waals surface area contributed by atoms with E-state index in [1.165, 1.54) is 16.4 Å². The summed E-state index contributed by atoms with van der Waals surface area (Å²) in [6, 6.07) is 3.96. The zero-order valence-electron chi connectivity index (χ0n) is 9.98. The van der Waals surface area contributed by atoms with Gasteiger partial charge in [-0.05, 0) is 17.7 Å². The molecular formula is C11H17FN2O2S. The minimum absolute atomic E-state index is 0.183. The van der Waals surface area contributed by atoms with Crippen LogP contribution in [0.15, 0.2) is 23.1 Å². The SMILES string of the molecule is CCN(CC)S(=O)(=O)c1ccc(CN)cc1F. The summed E-state index contributed by atoms with van der Waals surface area (Å²) in [5.74, 6) is -0.750. The summed E-state index contributed by atoms with van der Waals surface area (Å²) < 4.78 is 39.1. The summed E-state index contributed by atoms with van der Waals surface area (Å²) in [5.41, 5.74) is 5.93. The van der Waals surface area contributed by atoms with E-state index in [2.05, 4.69) is 0 Å². The molecule has 6 heteroatoms. The molecular weight excluding hydrogens is 243 g/mol. The average molecular weight is 260 g/mol. The van der Waals surface area contributed by atoms with E-state index in [4.69, 9.17) is 5.73 Å². The van der Waals surface area contributed by atoms with Crippen molar-refractivity contribution in [2.45, 2.75) is 25.3 Å². The maximum Gasteiger partial charge on any atom is 0.245 e. The lowest BCUT2D eigenvalue weighted by Gasteiger charge is -2.18. The topological polar surface area (TPSA) is 63.4 Å². The first-order valence-electron chi connectivity index (χ1n) is 5.46. The molecule has 0 unspecified atom stereocenters. The van der Waals surface area contributed by atoms with E-state index in [0.717, 1.165) is 6.07 Å². The molecule has 0 aliphatic heterocycles. The Hall–Kier alpha value is -0.980. The highest BCUT2D eigenvalue weighted by Crippen LogP contribution is 2.20. The lowest BCUT2D eigenvalue weighted by molar-refractivity contribution is 0.440. The highest BCUT2D eigenvalue weighted by Gasteiger charge is 2.24. The van der Waals surface area contributed by atoms with Crippen molar-refractivity contribution in [3.05, 3.63) is 29.6 Å². The van der Waals surface area contributed by atoms with E-state index >= 15 is 0 Å². The van der Waals surface area contributed by atoms with Gasteiger partial charge in [-0.15, -0.1) is 0 Å². The summed E-state index contributed by atoms with van der Waals surface area (Å²) >= 11 is 0. The second-order valence-electron chi connectivity index (χ2n) is 3.56. The van der Waals surface area contributed by atoms with Crippen molar-refractivity contribution in [1.82, 2.24) is 4.31 Å². The molecule has 0 amide bonds. The molecule has 1 aromatic carbocycles. The maximum absolute atomic E-state index is 13.7. The molecule has 0 atom stereocenters. The average Bonchev–Trinajstić information content (AvgIpc) is 2.29. The second-order valence-corrected chi connectivity index (χ2v) is 5.46. The van der Waals surface area contributed by atoms with E-state index in [-0.39, 0.29) is 11.4 Å². The van der Waals surface area contributed by atoms with Crippen LogP contribution in [-0.2, 0) is 16.6 Å². The predicted molar refractivity (Wildman–Crippen MR) is 64.4 cm³/mol. The number of hydrogen-bond acceptors (Lipinski definition) is 3. The Morgan fingerprint density at radius 2 is 1.88 bits per heavy atom. The van der Waals surface area contributed by atoms with E-state index in [1.54, 1.807) is 13.8 Å². The smallest absolute Gasteiger partial charge is 0.245 e. The maximum atomic E-state index is 13.7. The van der Waals surface area contributed by atoms with E-state index in [1.807, 2.05) is 0 Å². The zero-order valence-corrected chi connectivity index (χ0v) is 10.8. The molecule has 0 fully saturated rings. The number of benzene rings is 1. The van der Waals surface area contributed by atoms with Crippen LogP contribution >= 0.6 is 0 Å². The molecule has 0 saturated carbocycles. The fraction of sp³-hybridized carbons (Fsp3) is 0.455. The van der Waals surface area contributed by atoms with Gasteiger partial charge in [0.05, 0.1) is 0 Å². The molecule has 0 aromatic heterocycles. The van der Waals surface area contributed by atoms with Crippen LogP contribution in [0.2, 0.25) is 0 Å². The molecule has 17 heavy (non-hydrogen) atoms. The molecule has 0 heterocycles. The molecule has 0 saturated heterocycles. The number of sulfonamides is 1. The van der Waals surface area contributed by atoms with Crippen molar-refractivity contribution in [1.29, 1.82) is 0 Å². The van der Waals surface area contributed by atoms with Crippen LogP contribution in [0.1, 0.15) is 19.4 Å². The first kappa shape index (κ1) is 14.1. The molecule has 1 aromatic rings. The van der Waals surface area contributed by atoms with Crippen molar-refractivity contribution in [3.63, 3.8) is 0 Å². The first-order valence-corrected chi connectivity index (χ1v) is 6.90. The van der Waals surface area contributed by atoms with Gasteiger partial charge in [0, 0.05) is 19.6 Å². The van der Waals surface area contributed by atoms with E-state index < -0.39 is 15.8 Å². The van der Waals surface area contributed by atoms with Gasteiger partial charge in [0.2, 0.25) is 10.0 Å². The number of halogens is 1. The summed E-state index contributed by atoms with van der Waals surface area (Å²) in [7, 11) is -3.74. The Kier molecular flexibility index (Phi) is 4.62. The fourth-order valence-electron chi connectivity index (χ4n) is 1.58. The fourth-order valence-corrected chi connectivity index (χ4v) is 3.09. The molecule has 1 rings (SSSR count). The number of nitrogens with two attached hydrogens (primary N) is 1. The first-order chi connectivity index (χ1) is 7.97. The number of rotatable bonds is 5. The van der Waals surface area contributed by atoms with Gasteiger partial charge < -0.3 is 5.73 Å². The summed E-state index contributed by atoms with van der Waals surface area (Å²) in [6.07, 6.45) is 0. The summed E-state index contributed by atoms with van der Waals surface area (Å²) in [4.78, 5) is -0.293. The standard InChI is InChI=1S/C11H17FN2O2S/c1-3-14(4-2)17(15,16)11-6-5-9(8-13)7-10(11)12/h5-7H,3-4,8,13H2,1-2H3. The van der Waals surface area contributed by atoms with Crippen molar-refractivity contribution in [2.75, 3.05) is 13.1 Å². The third kappa shape index (κ3) is 2.83. The van der Waals surface area contributed by atoms with Gasteiger partial charge in [0.25, 0.3) is 0 Å². The lowest BCUT2D eigenvalue weighted by Crippen LogP contribution is -2.31. The van der Waals surface area contributed by atoms with Gasteiger partial charge in [-0.1, -0.05) is 19.9 Å². The number of hydrogen-bond donors (Lipinski definition) is 1. The highest BCUT2D eigenvalue weighted by molar-refractivity contribution is 7.89. The van der Waals surface area contributed by atoms with Crippen LogP contribution in [0.25, 0.3) is 0 Å². The molecule has 0 radical (unpaired) electrons. The Balaban J connectivity index is 3.24. The van der Waals surface area contributed by atoms with Crippen LogP contribution < -0.4 is 5.73 Å². The van der Waals surface area contributed by atoms with Crippen LogP contribution in [0.5, 0.6) is 0 Å². The van der Waals surface area contributed by atoms with Crippen molar-refractivity contribution in [3.8, 4) is 0 Å². The molecule has 2 N–H and O–H groups in total. The molecule has 0 spiro atoms. The van der Waals surface area contributed by atoms with Crippen LogP contribution in [0.3, 0.4) is 0 Å². The zero-order chi connectivity index (χ0) is 13.1. The Bertz CT molecular complexity index is 484. The van der Waals surface area contributed by atoms with Crippen molar-refractivity contribution in [2.24, 2.45) is 5.73 Å². The van der Waals surface area contributed by atoms with Crippen LogP contribution in [0.4, 0.5) is 4.39 Å². The van der Waals surface area contributed by atoms with Gasteiger partial charge in [0.15, 0.2) is 0 Å². The molecule has 0 aliphatic rings. The molecule has 4 nitrogen and oxygen atoms in total. The summed E-state index contributed by atoms with van der Waals surface area (Å²) in [5, 5.41) is 0. The van der Waals surface area contributed by atoms with E-state index in [9.17, 15) is 12.8 Å². The Labute approximate surface area is 101 Å². The quantitative estimate of drug-likeness (QED) is 0.868. The normalized spacial score (nSPS) is 12.1.